The first-order valence-electron chi connectivity index (χ1n) is 11.4. The van der Waals surface area contributed by atoms with Gasteiger partial charge in [-0.2, -0.15) is 0 Å². The molecule has 3 aliphatic rings. The van der Waals surface area contributed by atoms with Gasteiger partial charge in [-0.1, -0.05) is 11.6 Å². The molecule has 0 aromatic heterocycles. The van der Waals surface area contributed by atoms with Gasteiger partial charge in [-0.3, -0.25) is 24.0 Å². The zero-order valence-electron chi connectivity index (χ0n) is 20.7. The van der Waals surface area contributed by atoms with Crippen LogP contribution in [0.2, 0.25) is 0 Å². The lowest BCUT2D eigenvalue weighted by atomic mass is 9.84. The Balaban J connectivity index is 1.97. The maximum atomic E-state index is 12.0. The van der Waals surface area contributed by atoms with E-state index in [0.29, 0.717) is 12.0 Å². The molecule has 0 amide bonds. The Labute approximate surface area is 207 Å². The largest absolute Gasteiger partial charge is 0.471 e. The summed E-state index contributed by atoms with van der Waals surface area (Å²) < 4.78 is 39.1. The van der Waals surface area contributed by atoms with Gasteiger partial charge in [-0.15, -0.1) is 0 Å². The second-order valence-corrected chi connectivity index (χ2v) is 8.76. The summed E-state index contributed by atoms with van der Waals surface area (Å²) in [5.41, 5.74) is 1.41. The van der Waals surface area contributed by atoms with Gasteiger partial charge >= 0.3 is 23.9 Å². The maximum absolute atomic E-state index is 12.0. The van der Waals surface area contributed by atoms with E-state index in [9.17, 15) is 24.0 Å². The highest BCUT2D eigenvalue weighted by Gasteiger charge is 2.54. The number of hydrogen-bond donors (Lipinski definition) is 0. The summed E-state index contributed by atoms with van der Waals surface area (Å²) >= 11 is 0. The molecule has 0 saturated carbocycles. The Morgan fingerprint density at radius 2 is 1.53 bits per heavy atom. The van der Waals surface area contributed by atoms with Crippen LogP contribution in [0.15, 0.2) is 23.5 Å². The summed E-state index contributed by atoms with van der Waals surface area (Å²) in [7, 11) is 0. The number of allylic oxidation sites excluding steroid dienone is 2. The molecule has 0 unspecified atom stereocenters. The van der Waals surface area contributed by atoms with E-state index in [4.69, 9.17) is 33.2 Å². The summed E-state index contributed by atoms with van der Waals surface area (Å²) in [5.74, 6) is -3.35. The number of aldehydes is 1. The first-order chi connectivity index (χ1) is 17.0. The van der Waals surface area contributed by atoms with Crippen LogP contribution in [0.25, 0.3) is 0 Å². The normalized spacial score (nSPS) is 33.1. The Morgan fingerprint density at radius 1 is 0.917 bits per heavy atom. The zero-order chi connectivity index (χ0) is 26.6. The van der Waals surface area contributed by atoms with Crippen molar-refractivity contribution < 1.29 is 57.1 Å². The molecule has 12 nitrogen and oxygen atoms in total. The Hall–Kier alpha value is -3.25. The molecule has 0 aromatic carbocycles. The van der Waals surface area contributed by atoms with Gasteiger partial charge in [0.1, 0.15) is 19.0 Å². The van der Waals surface area contributed by atoms with Crippen LogP contribution in [0.1, 0.15) is 41.0 Å². The van der Waals surface area contributed by atoms with Crippen molar-refractivity contribution in [3.63, 3.8) is 0 Å². The molecule has 1 aliphatic carbocycles. The third kappa shape index (κ3) is 6.30. The molecule has 198 valence electrons. The van der Waals surface area contributed by atoms with Gasteiger partial charge in [0, 0.05) is 45.1 Å². The molecule has 2 heterocycles. The monoisotopic (exact) mass is 510 g/mol. The number of fused-ring (bicyclic) bond motifs is 1. The lowest BCUT2D eigenvalue weighted by Crippen LogP contribution is -2.63. The quantitative estimate of drug-likeness (QED) is 0.199. The standard InChI is InChI=1S/C24H30O12/c1-11-6-7-17-16(8-25)9-31-23(19(11)17)36-24-22(34-15(5)29)21(33-14(4)28)20(32-13(3)27)18(35-24)10-30-12(2)26/h6,8-9,17-24H,7,10H2,1-5H3/t17-,18-,19-,20-,21+,22-,23+,24+/m1/s1. The average molecular weight is 510 g/mol. The van der Waals surface area contributed by atoms with Crippen LogP contribution in [0, 0.1) is 11.8 Å². The minimum Gasteiger partial charge on any atom is -0.471 e. The highest BCUT2D eigenvalue weighted by molar-refractivity contribution is 5.74. The number of carbonyl (C=O) groups excluding carboxylic acids is 5. The topological polar surface area (TPSA) is 150 Å². The second kappa shape index (κ2) is 11.7. The fourth-order valence-corrected chi connectivity index (χ4v) is 4.64. The second-order valence-electron chi connectivity index (χ2n) is 8.76. The number of rotatable bonds is 8. The molecule has 1 fully saturated rings. The first kappa shape index (κ1) is 27.3. The summed E-state index contributed by atoms with van der Waals surface area (Å²) in [6, 6.07) is 0. The van der Waals surface area contributed by atoms with Gasteiger partial charge in [-0.05, 0) is 13.3 Å². The molecule has 1 saturated heterocycles. The van der Waals surface area contributed by atoms with Gasteiger partial charge < -0.3 is 33.2 Å². The molecular weight excluding hydrogens is 480 g/mol. The minimum absolute atomic E-state index is 0.174. The highest BCUT2D eigenvalue weighted by Crippen LogP contribution is 2.43. The molecule has 8 atom stereocenters. The van der Waals surface area contributed by atoms with Crippen molar-refractivity contribution in [2.24, 2.45) is 11.8 Å². The Morgan fingerprint density at radius 3 is 2.11 bits per heavy atom. The van der Waals surface area contributed by atoms with Gasteiger partial charge in [-0.25, -0.2) is 0 Å². The van der Waals surface area contributed by atoms with Crippen molar-refractivity contribution in [1.82, 2.24) is 0 Å². The maximum Gasteiger partial charge on any atom is 0.303 e. The van der Waals surface area contributed by atoms with Crippen LogP contribution >= 0.6 is 0 Å². The van der Waals surface area contributed by atoms with Gasteiger partial charge in [0.15, 0.2) is 18.3 Å². The lowest BCUT2D eigenvalue weighted by Gasteiger charge is -2.45. The fourth-order valence-electron chi connectivity index (χ4n) is 4.64. The fraction of sp³-hybridized carbons (Fsp3) is 0.625. The molecule has 2 aliphatic heterocycles. The van der Waals surface area contributed by atoms with E-state index in [1.165, 1.54) is 13.2 Å². The van der Waals surface area contributed by atoms with Crippen molar-refractivity contribution in [2.45, 2.75) is 78.0 Å². The van der Waals surface area contributed by atoms with E-state index in [1.54, 1.807) is 0 Å². The Bertz CT molecular complexity index is 953. The van der Waals surface area contributed by atoms with Gasteiger partial charge in [0.05, 0.1) is 6.26 Å². The van der Waals surface area contributed by atoms with E-state index < -0.39 is 60.9 Å². The van der Waals surface area contributed by atoms with Gasteiger partial charge in [0.2, 0.25) is 12.6 Å². The molecule has 12 heteroatoms. The molecule has 0 aromatic rings. The Kier molecular flexibility index (Phi) is 8.85. The van der Waals surface area contributed by atoms with Crippen LogP contribution in [-0.4, -0.2) is 73.8 Å². The molecule has 0 spiro atoms. The SMILES string of the molecule is CC(=O)OC[C@H]1O[C@@H](O[C@@H]2OC=C(C=O)[C@H]3CC=C(C)[C@@H]23)[C@H](OC(C)=O)[C@@H](OC(C)=O)[C@@H]1OC(C)=O. The average Bonchev–Trinajstić information content (AvgIpc) is 3.18. The lowest BCUT2D eigenvalue weighted by molar-refractivity contribution is -0.342. The summed E-state index contributed by atoms with van der Waals surface area (Å²) in [4.78, 5) is 58.8. The first-order valence-corrected chi connectivity index (χ1v) is 11.4. The molecule has 36 heavy (non-hydrogen) atoms. The molecule has 0 radical (unpaired) electrons. The van der Waals surface area contributed by atoms with Crippen LogP contribution in [-0.2, 0) is 57.1 Å². The van der Waals surface area contributed by atoms with E-state index in [-0.39, 0.29) is 18.4 Å². The number of hydrogen-bond acceptors (Lipinski definition) is 12. The van der Waals surface area contributed by atoms with E-state index in [2.05, 4.69) is 0 Å². The summed E-state index contributed by atoms with van der Waals surface area (Å²) in [6.45, 7) is 6.11. The highest BCUT2D eigenvalue weighted by atomic mass is 16.8. The van der Waals surface area contributed by atoms with E-state index in [0.717, 1.165) is 32.6 Å². The van der Waals surface area contributed by atoms with Crippen molar-refractivity contribution in [3.05, 3.63) is 23.5 Å². The minimum atomic E-state index is -1.38. The van der Waals surface area contributed by atoms with Crippen molar-refractivity contribution in [1.29, 1.82) is 0 Å². The molecule has 0 bridgehead atoms. The van der Waals surface area contributed by atoms with Crippen molar-refractivity contribution in [3.8, 4) is 0 Å². The van der Waals surface area contributed by atoms with Crippen molar-refractivity contribution >= 4 is 30.2 Å². The van der Waals surface area contributed by atoms with Gasteiger partial charge in [0.25, 0.3) is 0 Å². The van der Waals surface area contributed by atoms with Crippen LogP contribution in [0.4, 0.5) is 0 Å². The van der Waals surface area contributed by atoms with Crippen molar-refractivity contribution in [2.75, 3.05) is 6.61 Å². The molecule has 0 N–H and O–H groups in total. The van der Waals surface area contributed by atoms with E-state index in [1.807, 2.05) is 13.0 Å². The number of carbonyl (C=O) groups is 5. The molecule has 3 rings (SSSR count). The molecular formula is C24H30O12. The summed E-state index contributed by atoms with van der Waals surface area (Å²) in [5, 5.41) is 0. The van der Waals surface area contributed by atoms with Crippen LogP contribution in [0.3, 0.4) is 0 Å². The third-order valence-corrected chi connectivity index (χ3v) is 6.07. The predicted molar refractivity (Wildman–Crippen MR) is 117 cm³/mol. The zero-order valence-corrected chi connectivity index (χ0v) is 20.7. The third-order valence-electron chi connectivity index (χ3n) is 6.07. The predicted octanol–water partition coefficient (Wildman–Crippen LogP) is 1.11. The van der Waals surface area contributed by atoms with E-state index >= 15 is 0 Å². The van der Waals surface area contributed by atoms with Crippen LogP contribution in [0.5, 0.6) is 0 Å². The number of esters is 4. The summed E-state index contributed by atoms with van der Waals surface area (Å²) in [6.07, 6.45) is -2.83. The van der Waals surface area contributed by atoms with Crippen LogP contribution < -0.4 is 0 Å². The smallest absolute Gasteiger partial charge is 0.303 e. The number of ether oxygens (including phenoxy) is 7.